The first-order valence-corrected chi connectivity index (χ1v) is 22.4. The molecule has 0 saturated carbocycles. The third kappa shape index (κ3) is 5.71. The maximum atomic E-state index is 6.45. The summed E-state index contributed by atoms with van der Waals surface area (Å²) in [6, 6.07) is 54.7. The normalized spacial score (nSPS) is 13.8. The number of rotatable bonds is 4. The van der Waals surface area contributed by atoms with Crippen LogP contribution in [0.4, 0.5) is 0 Å². The zero-order valence-electron chi connectivity index (χ0n) is 36.0. The first-order chi connectivity index (χ1) is 32.1. The van der Waals surface area contributed by atoms with Crippen LogP contribution < -0.4 is 0 Å². The van der Waals surface area contributed by atoms with Crippen molar-refractivity contribution >= 4 is 93.6 Å². The molecule has 8 aromatic carbocycles. The molecule has 310 valence electrons. The minimum absolute atomic E-state index is 0.373. The van der Waals surface area contributed by atoms with Gasteiger partial charge in [-0.15, -0.1) is 0 Å². The van der Waals surface area contributed by atoms with E-state index in [0.29, 0.717) is 23.5 Å². The molecule has 1 atom stereocenters. The van der Waals surface area contributed by atoms with Crippen LogP contribution in [0, 0.1) is 5.92 Å². The Morgan fingerprint density at radius 2 is 1.05 bits per heavy atom. The van der Waals surface area contributed by atoms with Crippen molar-refractivity contribution in [1.29, 1.82) is 0 Å². The van der Waals surface area contributed by atoms with E-state index in [1.165, 1.54) is 21.7 Å². The first-order valence-electron chi connectivity index (χ1n) is 22.4. The molecule has 1 aliphatic carbocycles. The molecule has 1 aliphatic rings. The van der Waals surface area contributed by atoms with Crippen LogP contribution in [0.15, 0.2) is 177 Å². The van der Waals surface area contributed by atoms with Gasteiger partial charge in [-0.3, -0.25) is 4.57 Å². The van der Waals surface area contributed by atoms with Crippen molar-refractivity contribution in [2.75, 3.05) is 0 Å². The van der Waals surface area contributed by atoms with Gasteiger partial charge >= 0.3 is 0 Å². The zero-order valence-corrected chi connectivity index (χ0v) is 36.0. The first kappa shape index (κ1) is 37.3. The summed E-state index contributed by atoms with van der Waals surface area (Å²) >= 11 is 0. The average Bonchev–Trinajstić information content (AvgIpc) is 4.12. The van der Waals surface area contributed by atoms with Crippen molar-refractivity contribution in [3.63, 3.8) is 0 Å². The number of nitrogens with zero attached hydrogens (tertiary/aromatic N) is 4. The van der Waals surface area contributed by atoms with E-state index in [1.54, 1.807) is 0 Å². The lowest BCUT2D eigenvalue weighted by Crippen LogP contribution is -2.10. The van der Waals surface area contributed by atoms with Crippen LogP contribution in [-0.4, -0.2) is 19.5 Å². The summed E-state index contributed by atoms with van der Waals surface area (Å²) in [5, 5.41) is 9.98. The van der Waals surface area contributed by atoms with Gasteiger partial charge in [0.05, 0.1) is 11.2 Å². The van der Waals surface area contributed by atoms with Gasteiger partial charge in [-0.1, -0.05) is 130 Å². The van der Waals surface area contributed by atoms with Crippen LogP contribution in [0.5, 0.6) is 0 Å². The van der Waals surface area contributed by atoms with E-state index in [0.717, 1.165) is 106 Å². The Hall–Kier alpha value is -8.29. The Bertz CT molecular complexity index is 3970. The van der Waals surface area contributed by atoms with Gasteiger partial charge < -0.3 is 13.3 Å². The highest BCUT2D eigenvalue weighted by atomic mass is 16.3. The molecule has 65 heavy (non-hydrogen) atoms. The number of benzene rings is 8. The summed E-state index contributed by atoms with van der Waals surface area (Å²) in [6.07, 6.45) is 5.43. The quantitative estimate of drug-likeness (QED) is 0.175. The van der Waals surface area contributed by atoms with Crippen LogP contribution >= 0.6 is 0 Å². The molecule has 0 radical (unpaired) electrons. The lowest BCUT2D eigenvalue weighted by molar-refractivity contribution is 0.668. The van der Waals surface area contributed by atoms with E-state index in [4.69, 9.17) is 28.2 Å². The summed E-state index contributed by atoms with van der Waals surface area (Å²) < 4.78 is 21.5. The Balaban J connectivity index is 0.00000209. The maximum absolute atomic E-state index is 6.45. The molecule has 0 N–H and O–H groups in total. The van der Waals surface area contributed by atoms with E-state index < -0.39 is 0 Å². The molecule has 0 spiro atoms. The van der Waals surface area contributed by atoms with Gasteiger partial charge in [-0.2, -0.15) is 9.97 Å². The summed E-state index contributed by atoms with van der Waals surface area (Å²) in [5.74, 6) is 1.99. The van der Waals surface area contributed by atoms with E-state index in [-0.39, 0.29) is 0 Å². The smallest absolute Gasteiger partial charge is 0.238 e. The number of fused-ring (bicyclic) bond motifs is 14. The van der Waals surface area contributed by atoms with Gasteiger partial charge in [0.2, 0.25) is 5.95 Å². The van der Waals surface area contributed by atoms with Crippen LogP contribution in [0.3, 0.4) is 0 Å². The van der Waals surface area contributed by atoms with Gasteiger partial charge in [0.15, 0.2) is 11.6 Å². The molecule has 5 heterocycles. The molecule has 7 heteroatoms. The minimum atomic E-state index is 0.373. The van der Waals surface area contributed by atoms with Gasteiger partial charge in [0.1, 0.15) is 33.5 Å². The lowest BCUT2D eigenvalue weighted by atomic mass is 9.92. The Kier molecular flexibility index (Phi) is 8.24. The number of furan rings is 3. The standard InChI is InChI=1S/C56H34N4O3.C2H6/c1-31-17-24-45-43(27-31)42-14-8-13-37(33-21-25-48-44(28-33)52-36-10-3-2-9-32(36)20-26-49(52)61-48)53(42)60(45)56-58-54(34-18-22-40-38-11-4-6-15-46(38)62-50(40)29-34)57-55(59-56)35-19-23-41-39-12-5-7-16-47(39)63-51(41)30-35;1-2/h2-26,28-31H,27H2,1H3;1-2H3. The summed E-state index contributed by atoms with van der Waals surface area (Å²) in [5.41, 5.74) is 12.2. The molecule has 14 rings (SSSR count). The molecule has 5 aromatic heterocycles. The van der Waals surface area contributed by atoms with Crippen molar-refractivity contribution in [3.8, 4) is 39.9 Å². The van der Waals surface area contributed by atoms with E-state index >= 15 is 0 Å². The Labute approximate surface area is 372 Å². The summed E-state index contributed by atoms with van der Waals surface area (Å²) in [6.45, 7) is 6.27. The lowest BCUT2D eigenvalue weighted by Gasteiger charge is -2.16. The van der Waals surface area contributed by atoms with Gasteiger partial charge in [0.25, 0.3) is 0 Å². The molecule has 7 nitrogen and oxygen atoms in total. The van der Waals surface area contributed by atoms with Crippen molar-refractivity contribution < 1.29 is 13.3 Å². The van der Waals surface area contributed by atoms with Gasteiger partial charge in [-0.25, -0.2) is 4.98 Å². The number of allylic oxidation sites excluding steroid dienone is 1. The van der Waals surface area contributed by atoms with Gasteiger partial charge in [-0.05, 0) is 94.9 Å². The van der Waals surface area contributed by atoms with Crippen LogP contribution in [0.1, 0.15) is 32.0 Å². The Morgan fingerprint density at radius 1 is 0.477 bits per heavy atom. The van der Waals surface area contributed by atoms with E-state index in [2.05, 4.69) is 133 Å². The molecular formula is C58H40N4O3. The van der Waals surface area contributed by atoms with Crippen molar-refractivity contribution in [1.82, 2.24) is 19.5 Å². The predicted octanol–water partition coefficient (Wildman–Crippen LogP) is 15.9. The number of para-hydroxylation sites is 3. The molecule has 0 bridgehead atoms. The molecule has 1 unspecified atom stereocenters. The second-order valence-electron chi connectivity index (χ2n) is 16.8. The second-order valence-corrected chi connectivity index (χ2v) is 16.8. The van der Waals surface area contributed by atoms with Crippen molar-refractivity contribution in [2.24, 2.45) is 5.92 Å². The SMILES string of the molecule is CC.CC1C=Cc2c(c3cccc(-c4ccc5oc6ccc7ccccc7c6c5c4)c3n2-c2nc(-c3ccc4c(c3)oc3ccccc34)nc(-c3ccc4c(c3)oc3ccccc34)n2)C1. The highest BCUT2D eigenvalue weighted by Gasteiger charge is 2.26. The molecular weight excluding hydrogens is 801 g/mol. The molecule has 0 fully saturated rings. The summed E-state index contributed by atoms with van der Waals surface area (Å²) in [7, 11) is 0. The summed E-state index contributed by atoms with van der Waals surface area (Å²) in [4.78, 5) is 16.0. The highest BCUT2D eigenvalue weighted by Crippen LogP contribution is 2.43. The van der Waals surface area contributed by atoms with Crippen LogP contribution in [0.25, 0.3) is 133 Å². The fourth-order valence-corrected chi connectivity index (χ4v) is 10.1. The van der Waals surface area contributed by atoms with E-state index in [9.17, 15) is 0 Å². The number of hydrogen-bond acceptors (Lipinski definition) is 6. The van der Waals surface area contributed by atoms with Gasteiger partial charge in [0, 0.05) is 54.4 Å². The largest absolute Gasteiger partial charge is 0.456 e. The van der Waals surface area contributed by atoms with Crippen molar-refractivity contribution in [2.45, 2.75) is 27.2 Å². The predicted molar refractivity (Wildman–Crippen MR) is 266 cm³/mol. The Morgan fingerprint density at radius 3 is 1.75 bits per heavy atom. The van der Waals surface area contributed by atoms with E-state index in [1.807, 2.05) is 62.4 Å². The molecule has 0 amide bonds. The molecule has 0 aliphatic heterocycles. The second kappa shape index (κ2) is 14.4. The highest BCUT2D eigenvalue weighted by molar-refractivity contribution is 6.19. The molecule has 13 aromatic rings. The van der Waals surface area contributed by atoms with Crippen LogP contribution in [-0.2, 0) is 6.42 Å². The number of aromatic nitrogens is 4. The fourth-order valence-electron chi connectivity index (χ4n) is 10.1. The third-order valence-corrected chi connectivity index (χ3v) is 13.0. The monoisotopic (exact) mass is 840 g/mol. The fraction of sp³-hybridized carbons (Fsp3) is 0.0862. The minimum Gasteiger partial charge on any atom is -0.456 e. The topological polar surface area (TPSA) is 83.0 Å². The third-order valence-electron chi connectivity index (χ3n) is 13.0. The number of hydrogen-bond donors (Lipinski definition) is 0. The van der Waals surface area contributed by atoms with Crippen molar-refractivity contribution in [3.05, 3.63) is 175 Å². The zero-order chi connectivity index (χ0) is 43.3. The maximum Gasteiger partial charge on any atom is 0.238 e. The average molecular weight is 841 g/mol. The van der Waals surface area contributed by atoms with Crippen LogP contribution in [0.2, 0.25) is 0 Å². The molecule has 0 saturated heterocycles.